The molecule has 1 aromatic heterocycles. The van der Waals surface area contributed by atoms with Crippen molar-refractivity contribution >= 4 is 22.8 Å². The van der Waals surface area contributed by atoms with Crippen LogP contribution in [0.3, 0.4) is 0 Å². The molecule has 1 atom stereocenters. The number of aromatic nitrogens is 1. The number of amides is 1. The van der Waals surface area contributed by atoms with E-state index in [1.54, 1.807) is 13.2 Å². The van der Waals surface area contributed by atoms with Crippen molar-refractivity contribution in [1.82, 2.24) is 9.88 Å². The number of carbonyl (C=O) groups is 2. The van der Waals surface area contributed by atoms with Gasteiger partial charge in [-0.25, -0.2) is 4.79 Å². The molecule has 6 heteroatoms. The molecule has 2 aromatic rings. The maximum Gasteiger partial charge on any atom is 0.333 e. The summed E-state index contributed by atoms with van der Waals surface area (Å²) >= 11 is 0. The van der Waals surface area contributed by atoms with Crippen LogP contribution in [0.4, 0.5) is 0 Å². The Balaban J connectivity index is 1.84. The van der Waals surface area contributed by atoms with Crippen LogP contribution >= 0.6 is 0 Å². The first-order valence-corrected chi connectivity index (χ1v) is 12.3. The Morgan fingerprint density at radius 2 is 2.00 bits per heavy atom. The molecule has 34 heavy (non-hydrogen) atoms. The van der Waals surface area contributed by atoms with Gasteiger partial charge in [0.05, 0.1) is 12.7 Å². The summed E-state index contributed by atoms with van der Waals surface area (Å²) in [5, 5.41) is 4.16. The molecule has 0 aliphatic heterocycles. The summed E-state index contributed by atoms with van der Waals surface area (Å²) in [4.78, 5) is 24.1. The number of hydrogen-bond acceptors (Lipinski definition) is 4. The normalized spacial score (nSPS) is 17.6. The van der Waals surface area contributed by atoms with Crippen LogP contribution in [0, 0.1) is 0 Å². The van der Waals surface area contributed by atoms with Crippen LogP contribution in [-0.4, -0.2) is 42.8 Å². The number of benzene rings is 1. The minimum atomic E-state index is -0.600. The molecular weight excluding hydrogens is 428 g/mol. The summed E-state index contributed by atoms with van der Waals surface area (Å²) in [5.41, 5.74) is 3.65. The van der Waals surface area contributed by atoms with Gasteiger partial charge in [0.2, 0.25) is 5.91 Å². The summed E-state index contributed by atoms with van der Waals surface area (Å²) in [7, 11) is 3.11. The lowest BCUT2D eigenvalue weighted by Gasteiger charge is -2.31. The topological polar surface area (TPSA) is 69.6 Å². The van der Waals surface area contributed by atoms with Crippen molar-refractivity contribution in [2.75, 3.05) is 20.8 Å². The first-order chi connectivity index (χ1) is 16.4. The van der Waals surface area contributed by atoms with Gasteiger partial charge in [0, 0.05) is 62.1 Å². The molecule has 0 bridgehead atoms. The second kappa shape index (κ2) is 12.0. The van der Waals surface area contributed by atoms with Crippen molar-refractivity contribution < 1.29 is 19.1 Å². The summed E-state index contributed by atoms with van der Waals surface area (Å²) in [5.74, 6) is -0.192. The number of aryl methyl sites for hydroxylation is 2. The number of nitrogens with zero attached hydrogens (tertiary/aromatic N) is 1. The highest BCUT2D eigenvalue weighted by Gasteiger charge is 2.33. The fourth-order valence-electron chi connectivity index (χ4n) is 4.65. The predicted molar refractivity (Wildman–Crippen MR) is 136 cm³/mol. The van der Waals surface area contributed by atoms with Crippen LogP contribution < -0.4 is 5.32 Å². The molecule has 0 saturated carbocycles. The van der Waals surface area contributed by atoms with Crippen LogP contribution in [-0.2, 0) is 38.4 Å². The van der Waals surface area contributed by atoms with Gasteiger partial charge in [-0.2, -0.15) is 0 Å². The van der Waals surface area contributed by atoms with Crippen LogP contribution in [0.1, 0.15) is 57.1 Å². The van der Waals surface area contributed by atoms with Gasteiger partial charge in [-0.05, 0) is 48.9 Å². The Bertz CT molecular complexity index is 1070. The van der Waals surface area contributed by atoms with Gasteiger partial charge in [0.25, 0.3) is 0 Å². The minimum Gasteiger partial charge on any atom is -0.466 e. The molecule has 1 unspecified atom stereocenters. The zero-order chi connectivity index (χ0) is 24.6. The number of fused-ring (bicyclic) bond motifs is 1. The Morgan fingerprint density at radius 1 is 1.18 bits per heavy atom. The van der Waals surface area contributed by atoms with Crippen LogP contribution in [0.15, 0.2) is 48.2 Å². The molecule has 0 saturated heterocycles. The van der Waals surface area contributed by atoms with Gasteiger partial charge in [-0.1, -0.05) is 38.1 Å². The number of allylic oxidation sites excluding steroid dienone is 2. The minimum absolute atomic E-state index is 0.123. The number of rotatable bonds is 12. The Hall–Kier alpha value is -2.86. The number of nitrogens with one attached hydrogen (secondary N) is 1. The highest BCUT2D eigenvalue weighted by Crippen LogP contribution is 2.34. The number of methoxy groups -OCH3 is 2. The lowest BCUT2D eigenvalue weighted by molar-refractivity contribution is -0.137. The molecular formula is C28H38N2O4. The van der Waals surface area contributed by atoms with Crippen molar-refractivity contribution in [2.45, 2.75) is 70.9 Å². The highest BCUT2D eigenvalue weighted by molar-refractivity contribution is 5.89. The average Bonchev–Trinajstić information content (AvgIpc) is 3.18. The van der Waals surface area contributed by atoms with E-state index in [1.807, 2.05) is 12.2 Å². The van der Waals surface area contributed by atoms with E-state index in [2.05, 4.69) is 48.1 Å². The largest absolute Gasteiger partial charge is 0.466 e. The van der Waals surface area contributed by atoms with Crippen molar-refractivity contribution in [1.29, 1.82) is 0 Å². The number of esters is 1. The van der Waals surface area contributed by atoms with Crippen molar-refractivity contribution in [2.24, 2.45) is 0 Å². The molecule has 184 valence electrons. The third-order valence-electron chi connectivity index (χ3n) is 6.46. The molecule has 6 nitrogen and oxygen atoms in total. The second-order valence-corrected chi connectivity index (χ2v) is 9.07. The zero-order valence-electron chi connectivity index (χ0n) is 21.0. The van der Waals surface area contributed by atoms with Crippen LogP contribution in [0.5, 0.6) is 0 Å². The summed E-state index contributed by atoms with van der Waals surface area (Å²) in [6.07, 6.45) is 13.3. The fourth-order valence-corrected chi connectivity index (χ4v) is 4.65. The molecule has 1 aromatic carbocycles. The lowest BCUT2D eigenvalue weighted by Crippen LogP contribution is -2.35. The van der Waals surface area contributed by atoms with E-state index < -0.39 is 5.60 Å². The van der Waals surface area contributed by atoms with Gasteiger partial charge in [-0.15, -0.1) is 0 Å². The van der Waals surface area contributed by atoms with E-state index in [-0.39, 0.29) is 11.9 Å². The number of hydrogen-bond donors (Lipinski definition) is 1. The molecule has 1 aliphatic rings. The second-order valence-electron chi connectivity index (χ2n) is 9.07. The smallest absolute Gasteiger partial charge is 0.333 e. The molecule has 1 N–H and O–H groups in total. The van der Waals surface area contributed by atoms with E-state index in [4.69, 9.17) is 9.47 Å². The standard InChI is InChI=1S/C28H38N2O4/c1-5-15-29-26(31)11-7-9-21-12-13-25-24(17-21)23(20-30(25)16-6-2)19-28(34-4)14-8-10-22(18-28)27(32)33-3/h8,10,12-14,17,20H,5-7,9,11,15-16,18-19H2,1-4H3,(H,29,31). The van der Waals surface area contributed by atoms with E-state index in [0.29, 0.717) is 24.8 Å². The monoisotopic (exact) mass is 466 g/mol. The fraction of sp³-hybridized carbons (Fsp3) is 0.500. The van der Waals surface area contributed by atoms with E-state index in [9.17, 15) is 9.59 Å². The maximum absolute atomic E-state index is 12.2. The Labute approximate surface area is 203 Å². The third kappa shape index (κ3) is 6.17. The van der Waals surface area contributed by atoms with Crippen LogP contribution in [0.25, 0.3) is 10.9 Å². The molecule has 1 heterocycles. The van der Waals surface area contributed by atoms with Crippen LogP contribution in [0.2, 0.25) is 0 Å². The van der Waals surface area contributed by atoms with E-state index in [1.165, 1.54) is 29.1 Å². The van der Waals surface area contributed by atoms with E-state index in [0.717, 1.165) is 38.8 Å². The SMILES string of the molecule is CCCNC(=O)CCCc1ccc2c(c1)c(CC1(OC)C=CC=C(C(=O)OC)C1)cn2CCC. The van der Waals surface area contributed by atoms with Gasteiger partial charge >= 0.3 is 5.97 Å². The first kappa shape index (κ1) is 25.8. The van der Waals surface area contributed by atoms with Gasteiger partial charge < -0.3 is 19.4 Å². The molecule has 0 spiro atoms. The molecule has 3 rings (SSSR count). The van der Waals surface area contributed by atoms with Gasteiger partial charge in [0.15, 0.2) is 0 Å². The van der Waals surface area contributed by atoms with Gasteiger partial charge in [-0.3, -0.25) is 4.79 Å². The van der Waals surface area contributed by atoms with E-state index >= 15 is 0 Å². The summed E-state index contributed by atoms with van der Waals surface area (Å²) in [6, 6.07) is 6.62. The average molecular weight is 467 g/mol. The van der Waals surface area contributed by atoms with Crippen molar-refractivity contribution in [3.05, 3.63) is 59.3 Å². The molecule has 1 amide bonds. The predicted octanol–water partition coefficient (Wildman–Crippen LogP) is 4.89. The number of carbonyl (C=O) groups excluding carboxylic acids is 2. The van der Waals surface area contributed by atoms with Gasteiger partial charge in [0.1, 0.15) is 0 Å². The lowest BCUT2D eigenvalue weighted by atomic mass is 9.84. The number of ether oxygens (including phenoxy) is 2. The quantitative estimate of drug-likeness (QED) is 0.452. The van der Waals surface area contributed by atoms with Crippen molar-refractivity contribution in [3.63, 3.8) is 0 Å². The summed E-state index contributed by atoms with van der Waals surface area (Å²) < 4.78 is 13.2. The Kier molecular flexibility index (Phi) is 9.11. The zero-order valence-corrected chi connectivity index (χ0v) is 21.0. The first-order valence-electron chi connectivity index (χ1n) is 12.3. The molecule has 1 aliphatic carbocycles. The summed E-state index contributed by atoms with van der Waals surface area (Å²) in [6.45, 7) is 5.91. The highest BCUT2D eigenvalue weighted by atomic mass is 16.5. The Morgan fingerprint density at radius 3 is 2.71 bits per heavy atom. The maximum atomic E-state index is 12.2. The van der Waals surface area contributed by atoms with Crippen molar-refractivity contribution in [3.8, 4) is 0 Å². The molecule has 0 radical (unpaired) electrons. The third-order valence-corrected chi connectivity index (χ3v) is 6.46. The molecule has 0 fully saturated rings.